The Morgan fingerprint density at radius 2 is 2.06 bits per heavy atom. The van der Waals surface area contributed by atoms with Crippen LogP contribution in [-0.2, 0) is 14.2 Å². The lowest BCUT2D eigenvalue weighted by molar-refractivity contribution is 0.0437. The molecule has 1 fully saturated rings. The normalized spacial score (nSPS) is 15.9. The summed E-state index contributed by atoms with van der Waals surface area (Å²) in [7, 11) is 5.00. The summed E-state index contributed by atoms with van der Waals surface area (Å²) in [6, 6.07) is 7.44. The van der Waals surface area contributed by atoms with Crippen molar-refractivity contribution in [3.05, 3.63) is 34.9 Å². The number of likely N-dealkylation sites (N-methyl/N-ethyl adjacent to an activating group) is 1. The first kappa shape index (κ1) is 28.2. The van der Waals surface area contributed by atoms with Crippen LogP contribution in [0.2, 0.25) is 5.02 Å². The van der Waals surface area contributed by atoms with Gasteiger partial charge < -0.3 is 35.1 Å². The maximum Gasteiger partial charge on any atom is 0.406 e. The van der Waals surface area contributed by atoms with E-state index in [2.05, 4.69) is 20.7 Å². The van der Waals surface area contributed by atoms with Crippen LogP contribution in [0.3, 0.4) is 0 Å². The number of carbonyl (C=O) groups excluding carboxylic acids is 2. The summed E-state index contributed by atoms with van der Waals surface area (Å²) in [4.78, 5) is 25.8. The van der Waals surface area contributed by atoms with Gasteiger partial charge in [0, 0.05) is 51.0 Å². The third-order valence-corrected chi connectivity index (χ3v) is 6.14. The lowest BCUT2D eigenvalue weighted by Gasteiger charge is -2.29. The quantitative estimate of drug-likeness (QED) is 0.361. The van der Waals surface area contributed by atoms with Gasteiger partial charge in [-0.1, -0.05) is 23.7 Å². The lowest BCUT2D eigenvalue weighted by Crippen LogP contribution is -2.48. The Bertz CT molecular complexity index is 748. The molecule has 0 aromatic heterocycles. The number of carbonyl (C=O) groups is 2. The zero-order valence-corrected chi connectivity index (χ0v) is 21.2. The van der Waals surface area contributed by atoms with Crippen molar-refractivity contribution >= 4 is 23.7 Å². The van der Waals surface area contributed by atoms with Crippen molar-refractivity contribution in [2.75, 3.05) is 60.7 Å². The number of hydrogen-bond acceptors (Lipinski definition) is 6. The Morgan fingerprint density at radius 1 is 1.29 bits per heavy atom. The number of methoxy groups -OCH3 is 1. The van der Waals surface area contributed by atoms with E-state index in [9.17, 15) is 9.59 Å². The number of benzene rings is 1. The molecule has 192 valence electrons. The van der Waals surface area contributed by atoms with Gasteiger partial charge in [-0.05, 0) is 56.3 Å². The fraction of sp³-hybridized carbons (Fsp3) is 0.667. The van der Waals surface area contributed by atoms with Gasteiger partial charge in [-0.3, -0.25) is 0 Å². The number of ether oxygens (including phenoxy) is 3. The molecule has 0 radical (unpaired) electrons. The van der Waals surface area contributed by atoms with E-state index in [0.29, 0.717) is 37.1 Å². The molecule has 1 aromatic rings. The zero-order valence-electron chi connectivity index (χ0n) is 20.5. The van der Waals surface area contributed by atoms with Crippen molar-refractivity contribution in [3.8, 4) is 0 Å². The van der Waals surface area contributed by atoms with Crippen LogP contribution in [0, 0.1) is 5.92 Å². The second-order valence-electron chi connectivity index (χ2n) is 8.54. The fourth-order valence-electron chi connectivity index (χ4n) is 4.00. The molecule has 34 heavy (non-hydrogen) atoms. The highest BCUT2D eigenvalue weighted by Crippen LogP contribution is 2.24. The predicted molar refractivity (Wildman–Crippen MR) is 132 cm³/mol. The lowest BCUT2D eigenvalue weighted by atomic mass is 9.92. The first-order valence-corrected chi connectivity index (χ1v) is 12.2. The van der Waals surface area contributed by atoms with Gasteiger partial charge in [0.05, 0.1) is 19.8 Å². The van der Waals surface area contributed by atoms with Crippen LogP contribution in [0.5, 0.6) is 0 Å². The van der Waals surface area contributed by atoms with Crippen LogP contribution in [-0.4, -0.2) is 83.7 Å². The molecule has 3 N–H and O–H groups in total. The van der Waals surface area contributed by atoms with Crippen LogP contribution >= 0.6 is 11.6 Å². The molecule has 1 aromatic carbocycles. The minimum atomic E-state index is -0.504. The summed E-state index contributed by atoms with van der Waals surface area (Å²) in [6.07, 6.45) is 2.81. The van der Waals surface area contributed by atoms with Crippen molar-refractivity contribution in [1.29, 1.82) is 0 Å². The van der Waals surface area contributed by atoms with Crippen molar-refractivity contribution in [2.24, 2.45) is 5.92 Å². The Balaban J connectivity index is 1.89. The molecular formula is C24H39ClN4O5. The third kappa shape index (κ3) is 10.5. The molecule has 10 heteroatoms. The van der Waals surface area contributed by atoms with Crippen molar-refractivity contribution in [3.63, 3.8) is 0 Å². The largest absolute Gasteiger partial charge is 0.453 e. The summed E-state index contributed by atoms with van der Waals surface area (Å²) >= 11 is 6.17. The van der Waals surface area contributed by atoms with Gasteiger partial charge in [0.2, 0.25) is 0 Å². The molecule has 3 amide bonds. The summed E-state index contributed by atoms with van der Waals surface area (Å²) in [5, 5.41) is 9.57. The number of urea groups is 1. The molecule has 0 unspecified atom stereocenters. The van der Waals surface area contributed by atoms with Gasteiger partial charge in [0.1, 0.15) is 0 Å². The number of hydrogen-bond donors (Lipinski definition) is 3. The molecule has 0 bridgehead atoms. The number of amides is 3. The fourth-order valence-corrected chi connectivity index (χ4v) is 4.20. The van der Waals surface area contributed by atoms with Crippen LogP contribution in [0.15, 0.2) is 24.3 Å². The maximum absolute atomic E-state index is 12.9. The molecule has 1 saturated heterocycles. The molecule has 0 aliphatic carbocycles. The van der Waals surface area contributed by atoms with Crippen LogP contribution in [0.1, 0.15) is 37.4 Å². The number of halogens is 1. The highest BCUT2D eigenvalue weighted by Gasteiger charge is 2.22. The van der Waals surface area contributed by atoms with E-state index in [1.807, 2.05) is 25.2 Å². The van der Waals surface area contributed by atoms with Crippen LogP contribution in [0.4, 0.5) is 9.59 Å². The zero-order chi connectivity index (χ0) is 24.8. The summed E-state index contributed by atoms with van der Waals surface area (Å²) in [5.41, 5.74) is 0.923. The molecule has 0 saturated carbocycles. The van der Waals surface area contributed by atoms with E-state index in [1.165, 1.54) is 7.11 Å². The first-order valence-electron chi connectivity index (χ1n) is 11.9. The molecule has 1 aliphatic heterocycles. The van der Waals surface area contributed by atoms with Crippen molar-refractivity contribution in [1.82, 2.24) is 20.9 Å². The van der Waals surface area contributed by atoms with E-state index in [4.69, 9.17) is 21.1 Å². The maximum atomic E-state index is 12.9. The molecule has 0 spiro atoms. The van der Waals surface area contributed by atoms with Gasteiger partial charge in [0.25, 0.3) is 0 Å². The SMILES string of the molecule is CNC[C@H](CC1CCOCC1)NC(=O)N(C)CC[C@@H](OCCNC(=O)OC)c1cccc(Cl)c1. The second-order valence-corrected chi connectivity index (χ2v) is 8.98. The number of rotatable bonds is 13. The van der Waals surface area contributed by atoms with E-state index < -0.39 is 6.09 Å². The summed E-state index contributed by atoms with van der Waals surface area (Å²) in [6.45, 7) is 3.43. The topological polar surface area (TPSA) is 101 Å². The minimum absolute atomic E-state index is 0.0624. The Kier molecular flexibility index (Phi) is 13.1. The number of nitrogens with one attached hydrogen (secondary N) is 3. The molecule has 1 aliphatic rings. The molecule has 9 nitrogen and oxygen atoms in total. The Hall–Kier alpha value is -2.07. The van der Waals surface area contributed by atoms with Gasteiger partial charge in [-0.2, -0.15) is 0 Å². The van der Waals surface area contributed by atoms with E-state index >= 15 is 0 Å². The highest BCUT2D eigenvalue weighted by atomic mass is 35.5. The molecular weight excluding hydrogens is 460 g/mol. The smallest absolute Gasteiger partial charge is 0.406 e. The highest BCUT2D eigenvalue weighted by molar-refractivity contribution is 6.30. The van der Waals surface area contributed by atoms with Crippen molar-refractivity contribution < 1.29 is 23.8 Å². The second kappa shape index (κ2) is 15.8. The minimum Gasteiger partial charge on any atom is -0.453 e. The Labute approximate surface area is 207 Å². The first-order chi connectivity index (χ1) is 16.4. The van der Waals surface area contributed by atoms with Gasteiger partial charge in [-0.15, -0.1) is 0 Å². The molecule has 2 rings (SSSR count). The van der Waals surface area contributed by atoms with Crippen molar-refractivity contribution in [2.45, 2.75) is 37.8 Å². The van der Waals surface area contributed by atoms with Crippen LogP contribution in [0.25, 0.3) is 0 Å². The van der Waals surface area contributed by atoms with E-state index in [-0.39, 0.29) is 18.2 Å². The Morgan fingerprint density at radius 3 is 2.74 bits per heavy atom. The van der Waals surface area contributed by atoms with Gasteiger partial charge in [-0.25, -0.2) is 9.59 Å². The van der Waals surface area contributed by atoms with E-state index in [1.54, 1.807) is 18.0 Å². The van der Waals surface area contributed by atoms with Gasteiger partial charge in [0.15, 0.2) is 0 Å². The summed E-state index contributed by atoms with van der Waals surface area (Å²) in [5.74, 6) is 0.567. The predicted octanol–water partition coefficient (Wildman–Crippen LogP) is 3.19. The molecule has 2 atom stereocenters. The monoisotopic (exact) mass is 498 g/mol. The standard InChI is InChI=1S/C24H39ClN4O5/c1-26-17-21(15-18-8-12-33-13-9-18)28-23(30)29(2)11-7-22(19-5-4-6-20(25)16-19)34-14-10-27-24(31)32-3/h4-6,16,18,21-22,26H,7-15,17H2,1-3H3,(H,27,31)(H,28,30)/t21-,22+/m0/s1. The van der Waals surface area contributed by atoms with E-state index in [0.717, 1.165) is 44.6 Å². The van der Waals surface area contributed by atoms with Crippen LogP contribution < -0.4 is 16.0 Å². The average molecular weight is 499 g/mol. The third-order valence-electron chi connectivity index (χ3n) is 5.91. The number of nitrogens with zero attached hydrogens (tertiary/aromatic N) is 1. The molecule has 1 heterocycles. The average Bonchev–Trinajstić information content (AvgIpc) is 2.83. The summed E-state index contributed by atoms with van der Waals surface area (Å²) < 4.78 is 16.0. The number of alkyl carbamates (subject to hydrolysis) is 1. The van der Waals surface area contributed by atoms with Gasteiger partial charge >= 0.3 is 12.1 Å².